The number of aryl methyl sites for hydroxylation is 1. The fraction of sp³-hybridized carbons (Fsp3) is 0.533. The van der Waals surface area contributed by atoms with Crippen LogP contribution in [-0.2, 0) is 23.7 Å². The lowest BCUT2D eigenvalue weighted by Crippen LogP contribution is -2.57. The average Bonchev–Trinajstić information content (AvgIpc) is 3.32. The number of halogens is 7. The number of nitrogens with one attached hydrogen (secondary N) is 1. The van der Waals surface area contributed by atoms with Crippen LogP contribution in [0.1, 0.15) is 59.5 Å². The van der Waals surface area contributed by atoms with Gasteiger partial charge in [0.2, 0.25) is 5.91 Å². The largest absolute Gasteiger partial charge is 0.465 e. The highest BCUT2D eigenvalue weighted by Crippen LogP contribution is 2.38. The smallest absolute Gasteiger partial charge is 0.416 e. The van der Waals surface area contributed by atoms with Crippen LogP contribution in [0, 0.1) is 12.7 Å². The zero-order valence-corrected chi connectivity index (χ0v) is 24.3. The van der Waals surface area contributed by atoms with Crippen molar-refractivity contribution < 1.29 is 45.4 Å². The minimum Gasteiger partial charge on any atom is -0.465 e. The molecular formula is C30H35F7N4O3. The molecule has 2 amide bonds. The lowest BCUT2D eigenvalue weighted by molar-refractivity contribution is -0.143. The van der Waals surface area contributed by atoms with Crippen LogP contribution in [0.15, 0.2) is 36.4 Å². The maximum atomic E-state index is 13.5. The van der Waals surface area contributed by atoms with E-state index in [1.54, 1.807) is 6.07 Å². The van der Waals surface area contributed by atoms with Gasteiger partial charge in [0.15, 0.2) is 0 Å². The maximum absolute atomic E-state index is 13.5. The molecule has 44 heavy (non-hydrogen) atoms. The number of alkyl halides is 6. The van der Waals surface area contributed by atoms with Crippen molar-refractivity contribution in [1.29, 1.82) is 0 Å². The molecule has 0 aromatic heterocycles. The summed E-state index contributed by atoms with van der Waals surface area (Å²) in [6, 6.07) is 6.45. The van der Waals surface area contributed by atoms with Crippen molar-refractivity contribution in [3.05, 3.63) is 70.0 Å². The lowest BCUT2D eigenvalue weighted by Gasteiger charge is -2.46. The Morgan fingerprint density at radius 1 is 0.955 bits per heavy atom. The number of carbonyl (C=O) groups excluding carboxylic acids is 1. The second-order valence-corrected chi connectivity index (χ2v) is 11.4. The number of hydrogen-bond acceptors (Lipinski definition) is 4. The van der Waals surface area contributed by atoms with Crippen LogP contribution in [0.5, 0.6) is 0 Å². The normalized spacial score (nSPS) is 22.8. The number of likely N-dealkylation sites (tertiary alicyclic amines) is 1. The summed E-state index contributed by atoms with van der Waals surface area (Å²) in [4.78, 5) is 29.6. The maximum Gasteiger partial charge on any atom is 0.416 e. The van der Waals surface area contributed by atoms with Gasteiger partial charge < -0.3 is 20.2 Å². The Hall–Kier alpha value is -3.39. The van der Waals surface area contributed by atoms with E-state index in [-0.39, 0.29) is 42.0 Å². The first-order valence-corrected chi connectivity index (χ1v) is 14.3. The Bertz CT molecular complexity index is 1320. The summed E-state index contributed by atoms with van der Waals surface area (Å²) in [5.74, 6) is -0.0346. The van der Waals surface area contributed by atoms with E-state index in [9.17, 15) is 45.4 Å². The number of carboxylic acid groups (broad SMARTS) is 1. The van der Waals surface area contributed by atoms with Crippen LogP contribution in [0.3, 0.4) is 0 Å². The summed E-state index contributed by atoms with van der Waals surface area (Å²) in [5, 5.41) is 12.2. The van der Waals surface area contributed by atoms with E-state index in [0.717, 1.165) is 43.6 Å². The van der Waals surface area contributed by atoms with Crippen LogP contribution in [0.2, 0.25) is 0 Å². The van der Waals surface area contributed by atoms with Crippen LogP contribution < -0.4 is 5.32 Å². The first-order valence-electron chi connectivity index (χ1n) is 14.3. The van der Waals surface area contributed by atoms with Gasteiger partial charge in [0.05, 0.1) is 17.2 Å². The number of hydrogen-bond donors (Lipinski definition) is 2. The van der Waals surface area contributed by atoms with E-state index < -0.39 is 29.6 Å². The highest BCUT2D eigenvalue weighted by molar-refractivity contribution is 5.79. The molecule has 3 aliphatic rings. The summed E-state index contributed by atoms with van der Waals surface area (Å²) in [6.07, 6.45) is -7.43. The number of piperidine rings is 1. The molecule has 2 N–H and O–H groups in total. The second-order valence-electron chi connectivity index (χ2n) is 11.4. The molecule has 14 heteroatoms. The van der Waals surface area contributed by atoms with Crippen molar-refractivity contribution in [2.75, 3.05) is 33.2 Å². The molecule has 3 aliphatic heterocycles. The molecule has 3 saturated heterocycles. The molecule has 0 saturated carbocycles. The molecule has 242 valence electrons. The van der Waals surface area contributed by atoms with E-state index in [1.165, 1.54) is 24.1 Å². The molecule has 3 atom stereocenters. The number of carbonyl (C=O) groups is 2. The zero-order valence-electron chi connectivity index (χ0n) is 24.3. The van der Waals surface area contributed by atoms with Gasteiger partial charge in [-0.2, -0.15) is 26.3 Å². The Morgan fingerprint density at radius 3 is 2.18 bits per heavy atom. The summed E-state index contributed by atoms with van der Waals surface area (Å²) < 4.78 is 87.9. The monoisotopic (exact) mass is 632 g/mol. The Morgan fingerprint density at radius 2 is 1.61 bits per heavy atom. The van der Waals surface area contributed by atoms with E-state index in [0.29, 0.717) is 37.6 Å². The van der Waals surface area contributed by atoms with Gasteiger partial charge >= 0.3 is 18.4 Å². The van der Waals surface area contributed by atoms with Gasteiger partial charge in [0.1, 0.15) is 5.82 Å². The number of fused-ring (bicyclic) bond motifs is 1. The standard InChI is InChI=1S/C20H26FN3O3.C10H9F6N/c1-13-10-14(21)2-4-17(13)18-11-15(6-7-24(18)20(26)27)22-8-9-23-16(12-22)3-5-19(23)25;1-17-5-6-2-7(9(11,12)13)4-8(3-6)10(14,15)16/h2,4,10,15-16,18H,3,5-9,11-12H2,1H3,(H,26,27);2-4,17H,5H2,1H3/t15-,16?,18+;/m0./s1. The van der Waals surface area contributed by atoms with E-state index >= 15 is 0 Å². The molecule has 2 aromatic carbocycles. The zero-order chi connectivity index (χ0) is 32.4. The van der Waals surface area contributed by atoms with Crippen LogP contribution in [0.4, 0.5) is 35.5 Å². The molecule has 0 spiro atoms. The molecule has 3 heterocycles. The first kappa shape index (κ1) is 33.5. The van der Waals surface area contributed by atoms with Crippen molar-refractivity contribution in [3.8, 4) is 0 Å². The number of rotatable bonds is 4. The second kappa shape index (κ2) is 13.3. The molecule has 2 aromatic rings. The van der Waals surface area contributed by atoms with E-state index in [2.05, 4.69) is 10.2 Å². The van der Waals surface area contributed by atoms with Crippen molar-refractivity contribution in [2.24, 2.45) is 0 Å². The van der Waals surface area contributed by atoms with Gasteiger partial charge in [-0.25, -0.2) is 9.18 Å². The molecule has 0 aliphatic carbocycles. The summed E-state index contributed by atoms with van der Waals surface area (Å²) in [7, 11) is 1.44. The van der Waals surface area contributed by atoms with Crippen LogP contribution >= 0.6 is 0 Å². The predicted molar refractivity (Wildman–Crippen MR) is 147 cm³/mol. The average molecular weight is 633 g/mol. The van der Waals surface area contributed by atoms with Crippen molar-refractivity contribution in [3.63, 3.8) is 0 Å². The molecule has 7 nitrogen and oxygen atoms in total. The Kier molecular flexibility index (Phi) is 10.1. The molecule has 0 bridgehead atoms. The lowest BCUT2D eigenvalue weighted by atomic mass is 9.88. The summed E-state index contributed by atoms with van der Waals surface area (Å²) in [6.45, 7) is 4.74. The van der Waals surface area contributed by atoms with Crippen molar-refractivity contribution in [2.45, 2.75) is 69.6 Å². The van der Waals surface area contributed by atoms with E-state index in [4.69, 9.17) is 0 Å². The third-order valence-electron chi connectivity index (χ3n) is 8.48. The Balaban J connectivity index is 0.000000225. The van der Waals surface area contributed by atoms with Gasteiger partial charge in [0.25, 0.3) is 0 Å². The van der Waals surface area contributed by atoms with Crippen molar-refractivity contribution in [1.82, 2.24) is 20.0 Å². The highest BCUT2D eigenvalue weighted by atomic mass is 19.4. The molecule has 1 unspecified atom stereocenters. The highest BCUT2D eigenvalue weighted by Gasteiger charge is 2.41. The van der Waals surface area contributed by atoms with Gasteiger partial charge in [0, 0.05) is 51.2 Å². The topological polar surface area (TPSA) is 76.1 Å². The quantitative estimate of drug-likeness (QED) is 0.401. The minimum atomic E-state index is -4.79. The van der Waals surface area contributed by atoms with Crippen LogP contribution in [-0.4, -0.2) is 77.1 Å². The molecule has 0 radical (unpaired) electrons. The first-order chi connectivity index (χ1) is 20.6. The van der Waals surface area contributed by atoms with Gasteiger partial charge in [-0.05, 0) is 80.3 Å². The fourth-order valence-electron chi connectivity index (χ4n) is 6.36. The predicted octanol–water partition coefficient (Wildman–Crippen LogP) is 6.07. The minimum absolute atomic E-state index is 0.0605. The number of benzene rings is 2. The van der Waals surface area contributed by atoms with Crippen molar-refractivity contribution >= 4 is 12.0 Å². The SMILES string of the molecule is CNCc1cc(C(F)(F)F)cc(C(F)(F)F)c1.Cc1cc(F)ccc1[C@H]1C[C@@H](N2CCN3C(=O)CCC3C2)CCN1C(=O)O. The van der Waals surface area contributed by atoms with Gasteiger partial charge in [-0.1, -0.05) is 6.07 Å². The van der Waals surface area contributed by atoms with E-state index in [1.807, 2.05) is 11.8 Å². The third-order valence-corrected chi connectivity index (χ3v) is 8.48. The summed E-state index contributed by atoms with van der Waals surface area (Å²) in [5.41, 5.74) is -0.971. The van der Waals surface area contributed by atoms with Gasteiger partial charge in [-0.3, -0.25) is 9.69 Å². The number of nitrogens with zero attached hydrogens (tertiary/aromatic N) is 3. The molecule has 3 fully saturated rings. The number of piperazine rings is 1. The Labute approximate surface area is 250 Å². The third kappa shape index (κ3) is 7.81. The molecular weight excluding hydrogens is 597 g/mol. The van der Waals surface area contributed by atoms with Gasteiger partial charge in [-0.15, -0.1) is 0 Å². The fourth-order valence-corrected chi connectivity index (χ4v) is 6.36. The number of amides is 2. The summed E-state index contributed by atoms with van der Waals surface area (Å²) >= 11 is 0. The molecule has 5 rings (SSSR count). The van der Waals surface area contributed by atoms with Crippen LogP contribution in [0.25, 0.3) is 0 Å².